The highest BCUT2D eigenvalue weighted by molar-refractivity contribution is 6.30. The molecule has 0 heterocycles. The minimum Gasteiger partial charge on any atom is -0.406 e. The van der Waals surface area contributed by atoms with Gasteiger partial charge in [0.25, 0.3) is 0 Å². The lowest BCUT2D eigenvalue weighted by Gasteiger charge is -2.32. The highest BCUT2D eigenvalue weighted by Crippen LogP contribution is 2.42. The Bertz CT molecular complexity index is 1150. The fourth-order valence-corrected chi connectivity index (χ4v) is 5.34. The van der Waals surface area contributed by atoms with Crippen LogP contribution in [-0.4, -0.2) is 48.7 Å². The second-order valence-corrected chi connectivity index (χ2v) is 9.78. The maximum Gasteiger partial charge on any atom is 0.415 e. The topological polar surface area (TPSA) is 75.7 Å². The molecule has 0 aromatic heterocycles. The number of amides is 1. The normalized spacial score (nSPS) is 19.8. The van der Waals surface area contributed by atoms with Crippen molar-refractivity contribution in [3.05, 3.63) is 81.6 Å². The van der Waals surface area contributed by atoms with Crippen LogP contribution in [0, 0.1) is 5.92 Å². The van der Waals surface area contributed by atoms with Gasteiger partial charge in [0, 0.05) is 35.8 Å². The Kier molecular flexibility index (Phi) is 8.60. The lowest BCUT2D eigenvalue weighted by atomic mass is 9.72. The number of Topliss-reactive ketones (excluding diaryl/α,β-unsaturated/α-hetero) is 2. The first-order chi connectivity index (χ1) is 17.4. The van der Waals surface area contributed by atoms with Crippen LogP contribution in [0.3, 0.4) is 0 Å². The number of hydrogen-bond acceptors (Lipinski definition) is 5. The van der Waals surface area contributed by atoms with Crippen molar-refractivity contribution in [2.24, 2.45) is 5.92 Å². The highest BCUT2D eigenvalue weighted by Gasteiger charge is 2.40. The van der Waals surface area contributed by atoms with E-state index >= 15 is 0 Å². The van der Waals surface area contributed by atoms with Gasteiger partial charge >= 0.3 is 6.09 Å². The van der Waals surface area contributed by atoms with E-state index in [1.807, 2.05) is 26.0 Å². The quantitative estimate of drug-likeness (QED) is 0.441. The fourth-order valence-electron chi connectivity index (χ4n) is 5.22. The lowest BCUT2D eigenvalue weighted by Crippen LogP contribution is -2.39. The summed E-state index contributed by atoms with van der Waals surface area (Å²) in [7, 11) is 0. The van der Waals surface area contributed by atoms with E-state index in [9.17, 15) is 14.4 Å². The van der Waals surface area contributed by atoms with Crippen LogP contribution in [0.2, 0.25) is 5.02 Å². The number of fused-ring (bicyclic) bond motifs is 1. The minimum atomic E-state index is -0.599. The van der Waals surface area contributed by atoms with E-state index in [-0.39, 0.29) is 17.5 Å². The van der Waals surface area contributed by atoms with E-state index in [1.54, 1.807) is 29.2 Å². The smallest absolute Gasteiger partial charge is 0.406 e. The first-order valence-corrected chi connectivity index (χ1v) is 13.2. The number of rotatable bonds is 8. The van der Waals surface area contributed by atoms with Crippen molar-refractivity contribution in [3.63, 3.8) is 0 Å². The van der Waals surface area contributed by atoms with Crippen LogP contribution in [0.1, 0.15) is 71.7 Å². The zero-order valence-corrected chi connectivity index (χ0v) is 21.6. The van der Waals surface area contributed by atoms with Crippen molar-refractivity contribution in [1.29, 1.82) is 0 Å². The maximum absolute atomic E-state index is 13.7. The Hall–Kier alpha value is -2.96. The average Bonchev–Trinajstić information content (AvgIpc) is 2.90. The molecule has 2 aliphatic rings. The van der Waals surface area contributed by atoms with Crippen LogP contribution in [0.4, 0.5) is 4.79 Å². The molecule has 1 saturated carbocycles. The van der Waals surface area contributed by atoms with Gasteiger partial charge < -0.3 is 15.0 Å². The van der Waals surface area contributed by atoms with Gasteiger partial charge in [-0.05, 0) is 68.7 Å². The third-order valence-electron chi connectivity index (χ3n) is 7.23. The van der Waals surface area contributed by atoms with Gasteiger partial charge in [-0.3, -0.25) is 9.59 Å². The number of halogens is 1. The van der Waals surface area contributed by atoms with Crippen molar-refractivity contribution in [2.45, 2.75) is 45.4 Å². The molecule has 0 bridgehead atoms. The van der Waals surface area contributed by atoms with E-state index in [0.717, 1.165) is 32.2 Å². The molecule has 1 amide bonds. The van der Waals surface area contributed by atoms with Gasteiger partial charge in [0.15, 0.2) is 11.5 Å². The molecule has 1 N–H and O–H groups in total. The third kappa shape index (κ3) is 5.55. The summed E-state index contributed by atoms with van der Waals surface area (Å²) in [6, 6.07) is 14.7. The summed E-state index contributed by atoms with van der Waals surface area (Å²) in [6.07, 6.45) is 2.64. The van der Waals surface area contributed by atoms with Crippen LogP contribution >= 0.6 is 11.6 Å². The fraction of sp³-hybridized carbons (Fsp3) is 0.414. The molecule has 0 saturated heterocycles. The van der Waals surface area contributed by atoms with Gasteiger partial charge in [-0.15, -0.1) is 0 Å². The van der Waals surface area contributed by atoms with E-state index in [1.165, 1.54) is 5.56 Å². The number of nitrogens with one attached hydrogen (secondary N) is 1. The van der Waals surface area contributed by atoms with Crippen LogP contribution in [0.25, 0.3) is 0 Å². The predicted molar refractivity (Wildman–Crippen MR) is 141 cm³/mol. The Labute approximate surface area is 217 Å². The number of benzene rings is 2. The molecule has 0 radical (unpaired) electrons. The SMILES string of the molecule is CCNCCN(CC)C(=O)OC1=C(C2CCC(c3ccc(Cl)cc3)CC2)C(=O)c2ccccc2C1=O. The molecule has 2 aromatic rings. The number of likely N-dealkylation sites (N-methyl/N-ethyl adjacent to an activating group) is 2. The third-order valence-corrected chi connectivity index (χ3v) is 7.48. The predicted octanol–water partition coefficient (Wildman–Crippen LogP) is 6.02. The summed E-state index contributed by atoms with van der Waals surface area (Å²) >= 11 is 6.05. The van der Waals surface area contributed by atoms with Gasteiger partial charge in [0.2, 0.25) is 5.78 Å². The molecule has 2 aliphatic carbocycles. The van der Waals surface area contributed by atoms with Gasteiger partial charge in [-0.1, -0.05) is 54.9 Å². The molecule has 1 fully saturated rings. The Balaban J connectivity index is 1.60. The molecule has 7 heteroatoms. The van der Waals surface area contributed by atoms with Gasteiger partial charge in [0.1, 0.15) is 0 Å². The number of nitrogens with zero attached hydrogens (tertiary/aromatic N) is 1. The van der Waals surface area contributed by atoms with Gasteiger partial charge in [-0.2, -0.15) is 0 Å². The molecule has 0 spiro atoms. The first-order valence-electron chi connectivity index (χ1n) is 12.8. The summed E-state index contributed by atoms with van der Waals surface area (Å²) in [5.74, 6) is -0.471. The number of allylic oxidation sites excluding steroid dienone is 2. The summed E-state index contributed by atoms with van der Waals surface area (Å²) in [5.41, 5.74) is 2.26. The van der Waals surface area contributed by atoms with Crippen LogP contribution in [0.15, 0.2) is 59.9 Å². The van der Waals surface area contributed by atoms with Crippen molar-refractivity contribution >= 4 is 29.3 Å². The molecule has 6 nitrogen and oxygen atoms in total. The Morgan fingerprint density at radius 1 is 0.944 bits per heavy atom. The lowest BCUT2D eigenvalue weighted by molar-refractivity contribution is 0.0847. The van der Waals surface area contributed by atoms with Gasteiger partial charge in [0.05, 0.1) is 5.57 Å². The Morgan fingerprint density at radius 2 is 1.56 bits per heavy atom. The molecule has 190 valence electrons. The first kappa shape index (κ1) is 26.1. The summed E-state index contributed by atoms with van der Waals surface area (Å²) in [6.45, 7) is 6.18. The van der Waals surface area contributed by atoms with Gasteiger partial charge in [-0.25, -0.2) is 4.79 Å². The maximum atomic E-state index is 13.7. The van der Waals surface area contributed by atoms with Crippen molar-refractivity contribution < 1.29 is 19.1 Å². The molecular weight excluding hydrogens is 476 g/mol. The zero-order valence-electron chi connectivity index (χ0n) is 20.9. The van der Waals surface area contributed by atoms with E-state index in [2.05, 4.69) is 17.4 Å². The average molecular weight is 509 g/mol. The summed E-state index contributed by atoms with van der Waals surface area (Å²) < 4.78 is 5.76. The minimum absolute atomic E-state index is 0.0967. The molecule has 0 unspecified atom stereocenters. The van der Waals surface area contributed by atoms with Crippen LogP contribution in [-0.2, 0) is 4.74 Å². The molecule has 36 heavy (non-hydrogen) atoms. The highest BCUT2D eigenvalue weighted by atomic mass is 35.5. The van der Waals surface area contributed by atoms with Crippen LogP contribution < -0.4 is 5.32 Å². The second kappa shape index (κ2) is 11.8. The molecule has 0 aliphatic heterocycles. The van der Waals surface area contributed by atoms with E-state index in [4.69, 9.17) is 16.3 Å². The zero-order chi connectivity index (χ0) is 25.7. The molecule has 2 aromatic carbocycles. The van der Waals surface area contributed by atoms with Crippen molar-refractivity contribution in [1.82, 2.24) is 10.2 Å². The number of carbonyl (C=O) groups excluding carboxylic acids is 3. The summed E-state index contributed by atoms with van der Waals surface area (Å²) in [5, 5.41) is 3.90. The number of ketones is 2. The monoisotopic (exact) mass is 508 g/mol. The molecular formula is C29H33ClN2O4. The van der Waals surface area contributed by atoms with E-state index in [0.29, 0.717) is 47.3 Å². The van der Waals surface area contributed by atoms with E-state index < -0.39 is 11.9 Å². The van der Waals surface area contributed by atoms with Crippen molar-refractivity contribution in [2.75, 3.05) is 26.2 Å². The number of hydrogen-bond donors (Lipinski definition) is 1. The number of carbonyl (C=O) groups is 3. The summed E-state index contributed by atoms with van der Waals surface area (Å²) in [4.78, 5) is 41.8. The molecule has 0 atom stereocenters. The van der Waals surface area contributed by atoms with Crippen molar-refractivity contribution in [3.8, 4) is 0 Å². The number of ether oxygens (including phenoxy) is 1. The largest absolute Gasteiger partial charge is 0.415 e. The standard InChI is InChI=1S/C29H33ClN2O4/c1-3-31-17-18-32(4-2)29(35)36-28-25(26(33)23-7-5-6-8-24(23)27(28)34)21-11-9-19(10-12-21)20-13-15-22(30)16-14-20/h5-8,13-16,19,21,31H,3-4,9-12,17-18H2,1-2H3. The second-order valence-electron chi connectivity index (χ2n) is 9.35. The molecule has 4 rings (SSSR count). The van der Waals surface area contributed by atoms with Crippen LogP contribution in [0.5, 0.6) is 0 Å². The Morgan fingerprint density at radius 3 is 2.17 bits per heavy atom.